The number of hydrogen-bond donors (Lipinski definition) is 0. The number of hydrogen-bond acceptors (Lipinski definition) is 6. The fourth-order valence-corrected chi connectivity index (χ4v) is 2.19. The van der Waals surface area contributed by atoms with Gasteiger partial charge in [-0.05, 0) is 18.2 Å². The molecule has 2 aromatic rings. The second kappa shape index (κ2) is 8.28. The van der Waals surface area contributed by atoms with Gasteiger partial charge in [-0.1, -0.05) is 0 Å². The van der Waals surface area contributed by atoms with Gasteiger partial charge in [0.2, 0.25) is 5.78 Å². The minimum absolute atomic E-state index is 0.0161. The standard InChI is InChI=1S/C18H16F2O6/c1-23-15-8-17(25-3)16(24-2)7-12(15)18(22)26-9-14(21)11-6-10(19)4-5-13(11)20/h4-8H,9H2,1-3H3. The van der Waals surface area contributed by atoms with E-state index in [1.54, 1.807) is 0 Å². The van der Waals surface area contributed by atoms with Gasteiger partial charge in [0.15, 0.2) is 18.1 Å². The molecule has 0 saturated heterocycles. The van der Waals surface area contributed by atoms with Crippen LogP contribution in [0.5, 0.6) is 17.2 Å². The van der Waals surface area contributed by atoms with E-state index in [1.807, 2.05) is 0 Å². The molecule has 2 rings (SSSR count). The molecule has 0 fully saturated rings. The molecule has 0 aromatic heterocycles. The van der Waals surface area contributed by atoms with Crippen LogP contribution in [0.25, 0.3) is 0 Å². The quantitative estimate of drug-likeness (QED) is 0.554. The number of rotatable bonds is 7. The zero-order valence-corrected chi connectivity index (χ0v) is 14.3. The lowest BCUT2D eigenvalue weighted by molar-refractivity contribution is 0.0470. The number of methoxy groups -OCH3 is 3. The molecule has 26 heavy (non-hydrogen) atoms. The van der Waals surface area contributed by atoms with Crippen LogP contribution in [-0.2, 0) is 4.74 Å². The summed E-state index contributed by atoms with van der Waals surface area (Å²) in [6.07, 6.45) is 0. The second-order valence-corrected chi connectivity index (χ2v) is 5.03. The van der Waals surface area contributed by atoms with Gasteiger partial charge in [0, 0.05) is 12.1 Å². The summed E-state index contributed by atoms with van der Waals surface area (Å²) in [6, 6.07) is 5.19. The first-order valence-corrected chi connectivity index (χ1v) is 7.36. The third-order valence-corrected chi connectivity index (χ3v) is 3.49. The summed E-state index contributed by atoms with van der Waals surface area (Å²) in [6.45, 7) is -0.767. The van der Waals surface area contributed by atoms with Gasteiger partial charge in [-0.3, -0.25) is 4.79 Å². The van der Waals surface area contributed by atoms with Crippen molar-refractivity contribution in [1.29, 1.82) is 0 Å². The Labute approximate surface area is 148 Å². The third-order valence-electron chi connectivity index (χ3n) is 3.49. The Hall–Kier alpha value is -3.16. The Bertz CT molecular complexity index is 835. The predicted octanol–water partition coefficient (Wildman–Crippen LogP) is 3.03. The highest BCUT2D eigenvalue weighted by molar-refractivity contribution is 6.00. The van der Waals surface area contributed by atoms with Crippen LogP contribution in [0.3, 0.4) is 0 Å². The number of halogens is 2. The molecule has 0 heterocycles. The predicted molar refractivity (Wildman–Crippen MR) is 87.1 cm³/mol. The van der Waals surface area contributed by atoms with E-state index in [4.69, 9.17) is 18.9 Å². The maximum Gasteiger partial charge on any atom is 0.342 e. The van der Waals surface area contributed by atoms with Crippen LogP contribution in [0.15, 0.2) is 30.3 Å². The van der Waals surface area contributed by atoms with Crippen molar-refractivity contribution in [3.63, 3.8) is 0 Å². The van der Waals surface area contributed by atoms with Crippen LogP contribution in [0.1, 0.15) is 20.7 Å². The molecule has 0 spiro atoms. The number of esters is 1. The van der Waals surface area contributed by atoms with Crippen molar-refractivity contribution >= 4 is 11.8 Å². The molecule has 8 heteroatoms. The molecular weight excluding hydrogens is 350 g/mol. The highest BCUT2D eigenvalue weighted by Gasteiger charge is 2.21. The normalized spacial score (nSPS) is 10.2. The molecule has 0 atom stereocenters. The van der Waals surface area contributed by atoms with E-state index in [-0.39, 0.29) is 17.1 Å². The van der Waals surface area contributed by atoms with Crippen molar-refractivity contribution in [3.8, 4) is 17.2 Å². The summed E-state index contributed by atoms with van der Waals surface area (Å²) in [5, 5.41) is 0. The molecule has 0 aliphatic rings. The van der Waals surface area contributed by atoms with Gasteiger partial charge >= 0.3 is 5.97 Å². The molecule has 0 amide bonds. The topological polar surface area (TPSA) is 71.1 Å². The van der Waals surface area contributed by atoms with Crippen molar-refractivity contribution in [3.05, 3.63) is 53.1 Å². The Balaban J connectivity index is 2.19. The molecule has 0 radical (unpaired) electrons. The lowest BCUT2D eigenvalue weighted by Gasteiger charge is -2.13. The van der Waals surface area contributed by atoms with E-state index in [9.17, 15) is 18.4 Å². The van der Waals surface area contributed by atoms with Gasteiger partial charge in [0.1, 0.15) is 22.9 Å². The number of ketones is 1. The fourth-order valence-electron chi connectivity index (χ4n) is 2.19. The summed E-state index contributed by atoms with van der Waals surface area (Å²) >= 11 is 0. The van der Waals surface area contributed by atoms with Crippen LogP contribution >= 0.6 is 0 Å². The van der Waals surface area contributed by atoms with Gasteiger partial charge in [-0.15, -0.1) is 0 Å². The second-order valence-electron chi connectivity index (χ2n) is 5.03. The molecule has 0 bridgehead atoms. The summed E-state index contributed by atoms with van der Waals surface area (Å²) in [4.78, 5) is 24.2. The van der Waals surface area contributed by atoms with E-state index in [0.717, 1.165) is 18.2 Å². The smallest absolute Gasteiger partial charge is 0.342 e. The van der Waals surface area contributed by atoms with Gasteiger partial charge in [-0.25, -0.2) is 13.6 Å². The highest BCUT2D eigenvalue weighted by Crippen LogP contribution is 2.34. The minimum atomic E-state index is -0.906. The monoisotopic (exact) mass is 366 g/mol. The number of carbonyl (C=O) groups is 2. The molecular formula is C18H16F2O6. The van der Waals surface area contributed by atoms with E-state index in [2.05, 4.69) is 0 Å². The SMILES string of the molecule is COc1cc(OC)c(C(=O)OCC(=O)c2cc(F)ccc2F)cc1OC. The van der Waals surface area contributed by atoms with Gasteiger partial charge in [-0.2, -0.15) is 0 Å². The van der Waals surface area contributed by atoms with Crippen LogP contribution in [0.2, 0.25) is 0 Å². The average Bonchev–Trinajstić information content (AvgIpc) is 2.66. The zero-order chi connectivity index (χ0) is 19.3. The van der Waals surface area contributed by atoms with Gasteiger partial charge in [0.25, 0.3) is 0 Å². The maximum atomic E-state index is 13.6. The summed E-state index contributed by atoms with van der Waals surface area (Å²) in [7, 11) is 4.14. The van der Waals surface area contributed by atoms with Gasteiger partial charge in [0.05, 0.1) is 26.9 Å². The van der Waals surface area contributed by atoms with Crippen molar-refractivity contribution < 1.29 is 37.3 Å². The third kappa shape index (κ3) is 4.08. The van der Waals surface area contributed by atoms with E-state index in [1.165, 1.54) is 33.5 Å². The van der Waals surface area contributed by atoms with E-state index >= 15 is 0 Å². The molecule has 0 saturated carbocycles. The first-order chi connectivity index (χ1) is 12.4. The lowest BCUT2D eigenvalue weighted by atomic mass is 10.1. The van der Waals surface area contributed by atoms with E-state index < -0.39 is 35.6 Å². The van der Waals surface area contributed by atoms with Crippen LogP contribution in [0.4, 0.5) is 8.78 Å². The van der Waals surface area contributed by atoms with Crippen molar-refractivity contribution in [2.45, 2.75) is 0 Å². The lowest BCUT2D eigenvalue weighted by Crippen LogP contribution is -2.16. The summed E-state index contributed by atoms with van der Waals surface area (Å²) < 4.78 is 47.0. The number of carbonyl (C=O) groups excluding carboxylic acids is 2. The van der Waals surface area contributed by atoms with Crippen molar-refractivity contribution in [2.24, 2.45) is 0 Å². The Morgan fingerprint density at radius 2 is 1.46 bits per heavy atom. The van der Waals surface area contributed by atoms with Crippen LogP contribution in [-0.4, -0.2) is 39.7 Å². The van der Waals surface area contributed by atoms with Crippen molar-refractivity contribution in [2.75, 3.05) is 27.9 Å². The van der Waals surface area contributed by atoms with E-state index in [0.29, 0.717) is 5.75 Å². The van der Waals surface area contributed by atoms with Gasteiger partial charge < -0.3 is 18.9 Å². The fraction of sp³-hybridized carbons (Fsp3) is 0.222. The summed E-state index contributed by atoms with van der Waals surface area (Å²) in [5.41, 5.74) is -0.519. The molecule has 138 valence electrons. The Kier molecular flexibility index (Phi) is 6.11. The maximum absolute atomic E-state index is 13.6. The number of ether oxygens (including phenoxy) is 4. The first kappa shape index (κ1) is 19.2. The molecule has 0 N–H and O–H groups in total. The molecule has 2 aromatic carbocycles. The first-order valence-electron chi connectivity index (χ1n) is 7.36. The average molecular weight is 366 g/mol. The molecule has 0 aliphatic heterocycles. The number of benzene rings is 2. The Morgan fingerprint density at radius 3 is 2.08 bits per heavy atom. The van der Waals surface area contributed by atoms with Crippen molar-refractivity contribution in [1.82, 2.24) is 0 Å². The molecule has 0 unspecified atom stereocenters. The minimum Gasteiger partial charge on any atom is -0.496 e. The number of Topliss-reactive ketones (excluding diaryl/α,β-unsaturated/α-hetero) is 1. The molecule has 0 aliphatic carbocycles. The zero-order valence-electron chi connectivity index (χ0n) is 14.3. The van der Waals surface area contributed by atoms with Crippen LogP contribution < -0.4 is 14.2 Å². The highest BCUT2D eigenvalue weighted by atomic mass is 19.1. The largest absolute Gasteiger partial charge is 0.496 e. The Morgan fingerprint density at radius 1 is 0.846 bits per heavy atom. The molecule has 6 nitrogen and oxygen atoms in total. The van der Waals surface area contributed by atoms with Crippen LogP contribution in [0, 0.1) is 11.6 Å². The summed E-state index contributed by atoms with van der Waals surface area (Å²) in [5.74, 6) is -2.74.